The summed E-state index contributed by atoms with van der Waals surface area (Å²) >= 11 is 0. The molecule has 146 valence electrons. The van der Waals surface area contributed by atoms with Crippen LogP contribution in [-0.4, -0.2) is 97.5 Å². The summed E-state index contributed by atoms with van der Waals surface area (Å²) in [6.45, 7) is 14.4. The average molecular weight is 359 g/mol. The van der Waals surface area contributed by atoms with Gasteiger partial charge in [-0.15, -0.1) is 0 Å². The lowest BCUT2D eigenvalue weighted by Gasteiger charge is -2.45. The van der Waals surface area contributed by atoms with Crippen molar-refractivity contribution in [2.75, 3.05) is 58.9 Å². The maximum absolute atomic E-state index is 14.8. The predicted octanol–water partition coefficient (Wildman–Crippen LogP) is 1.76. The first-order chi connectivity index (χ1) is 11.8. The van der Waals surface area contributed by atoms with Gasteiger partial charge in [-0.2, -0.15) is 0 Å². The number of likely N-dealkylation sites (tertiary alicyclic amines) is 1. The van der Waals surface area contributed by atoms with Crippen LogP contribution in [-0.2, 0) is 0 Å². The number of piperazine rings is 1. The smallest absolute Gasteiger partial charge is 0.128 e. The van der Waals surface area contributed by atoms with Gasteiger partial charge >= 0.3 is 0 Å². The Hall–Kier alpha value is -0.300. The first-order valence-electron chi connectivity index (χ1n) is 10.0. The molecule has 3 aliphatic heterocycles. The van der Waals surface area contributed by atoms with Crippen molar-refractivity contribution >= 4 is 0 Å². The monoisotopic (exact) mass is 358 g/mol. The van der Waals surface area contributed by atoms with Crippen molar-refractivity contribution in [2.24, 2.45) is 5.92 Å². The van der Waals surface area contributed by atoms with Gasteiger partial charge in [-0.25, -0.2) is 8.78 Å². The summed E-state index contributed by atoms with van der Waals surface area (Å²) in [6, 6.07) is -0.0872. The van der Waals surface area contributed by atoms with Gasteiger partial charge in [0.25, 0.3) is 0 Å². The van der Waals surface area contributed by atoms with E-state index in [0.717, 1.165) is 58.7 Å². The summed E-state index contributed by atoms with van der Waals surface area (Å²) in [5, 5.41) is 3.09. The van der Waals surface area contributed by atoms with Crippen molar-refractivity contribution in [1.29, 1.82) is 0 Å². The molecular weight excluding hydrogens is 322 g/mol. The third-order valence-corrected chi connectivity index (χ3v) is 6.36. The molecule has 0 radical (unpaired) electrons. The van der Waals surface area contributed by atoms with Crippen LogP contribution in [0.3, 0.4) is 0 Å². The van der Waals surface area contributed by atoms with Crippen LogP contribution in [0.15, 0.2) is 0 Å². The molecule has 0 spiro atoms. The topological polar surface area (TPSA) is 21.8 Å². The summed E-state index contributed by atoms with van der Waals surface area (Å²) in [6.07, 6.45) is -0.0237. The molecule has 4 atom stereocenters. The highest BCUT2D eigenvalue weighted by Crippen LogP contribution is 2.27. The minimum Gasteiger partial charge on any atom is -0.314 e. The van der Waals surface area contributed by atoms with Gasteiger partial charge in [0.15, 0.2) is 0 Å². The fourth-order valence-corrected chi connectivity index (χ4v) is 4.63. The van der Waals surface area contributed by atoms with E-state index in [-0.39, 0.29) is 17.5 Å². The second kappa shape index (κ2) is 8.15. The van der Waals surface area contributed by atoms with Gasteiger partial charge in [0, 0.05) is 63.3 Å². The summed E-state index contributed by atoms with van der Waals surface area (Å²) in [5.41, 5.74) is 0.220. The number of piperidine rings is 2. The molecule has 0 aromatic rings. The molecule has 3 saturated heterocycles. The van der Waals surface area contributed by atoms with Gasteiger partial charge in [-0.05, 0) is 46.7 Å². The number of nitrogens with zero attached hydrogens (tertiary/aromatic N) is 3. The zero-order valence-electron chi connectivity index (χ0n) is 16.2. The van der Waals surface area contributed by atoms with Crippen LogP contribution < -0.4 is 5.32 Å². The van der Waals surface area contributed by atoms with Gasteiger partial charge in [0.05, 0.1) is 0 Å². The zero-order valence-corrected chi connectivity index (χ0v) is 16.2. The van der Waals surface area contributed by atoms with Gasteiger partial charge in [-0.3, -0.25) is 9.80 Å². The molecule has 0 aromatic heterocycles. The van der Waals surface area contributed by atoms with Gasteiger partial charge in [0.2, 0.25) is 0 Å². The Morgan fingerprint density at radius 3 is 2.28 bits per heavy atom. The van der Waals surface area contributed by atoms with E-state index in [9.17, 15) is 8.78 Å². The summed E-state index contributed by atoms with van der Waals surface area (Å²) < 4.78 is 28.9. The number of alkyl halides is 2. The van der Waals surface area contributed by atoms with Gasteiger partial charge in [0.1, 0.15) is 12.3 Å². The number of hydrogen-bond acceptors (Lipinski definition) is 4. The summed E-state index contributed by atoms with van der Waals surface area (Å²) in [5.74, 6) is 0.109. The van der Waals surface area contributed by atoms with E-state index in [0.29, 0.717) is 13.1 Å². The van der Waals surface area contributed by atoms with Crippen LogP contribution in [0.25, 0.3) is 0 Å². The predicted molar refractivity (Wildman–Crippen MR) is 98.5 cm³/mol. The van der Waals surface area contributed by atoms with Crippen molar-refractivity contribution in [3.05, 3.63) is 0 Å². The molecule has 4 nitrogen and oxygen atoms in total. The van der Waals surface area contributed by atoms with Crippen LogP contribution in [0, 0.1) is 5.92 Å². The first kappa shape index (κ1) is 19.5. The van der Waals surface area contributed by atoms with Crippen LogP contribution in [0.5, 0.6) is 0 Å². The zero-order chi connectivity index (χ0) is 18.0. The molecule has 4 unspecified atom stereocenters. The maximum atomic E-state index is 14.8. The molecule has 0 saturated carbocycles. The second-order valence-corrected chi connectivity index (χ2v) is 9.09. The van der Waals surface area contributed by atoms with Gasteiger partial charge < -0.3 is 10.2 Å². The third-order valence-electron chi connectivity index (χ3n) is 6.36. The molecule has 3 heterocycles. The van der Waals surface area contributed by atoms with Crippen molar-refractivity contribution in [3.8, 4) is 0 Å². The lowest BCUT2D eigenvalue weighted by atomic mass is 9.91. The molecule has 3 fully saturated rings. The van der Waals surface area contributed by atoms with Crippen LogP contribution in [0.4, 0.5) is 8.78 Å². The van der Waals surface area contributed by atoms with E-state index < -0.39 is 12.3 Å². The van der Waals surface area contributed by atoms with E-state index in [2.05, 4.69) is 40.8 Å². The minimum atomic E-state index is -0.858. The quantitative estimate of drug-likeness (QED) is 0.830. The number of nitrogens with one attached hydrogen (secondary N) is 1. The van der Waals surface area contributed by atoms with E-state index >= 15 is 0 Å². The molecule has 0 aromatic carbocycles. The number of halogens is 2. The summed E-state index contributed by atoms with van der Waals surface area (Å²) in [4.78, 5) is 7.01. The van der Waals surface area contributed by atoms with Crippen LogP contribution in [0.2, 0.25) is 0 Å². The largest absolute Gasteiger partial charge is 0.314 e. The van der Waals surface area contributed by atoms with Gasteiger partial charge in [-0.1, -0.05) is 0 Å². The minimum absolute atomic E-state index is 0.0872. The highest BCUT2D eigenvalue weighted by Gasteiger charge is 2.37. The van der Waals surface area contributed by atoms with Crippen molar-refractivity contribution < 1.29 is 8.78 Å². The molecule has 1 N–H and O–H groups in total. The number of rotatable bonds is 3. The third kappa shape index (κ3) is 4.90. The second-order valence-electron chi connectivity index (χ2n) is 9.09. The molecule has 0 bridgehead atoms. The Morgan fingerprint density at radius 1 is 0.960 bits per heavy atom. The average Bonchev–Trinajstić information content (AvgIpc) is 2.57. The maximum Gasteiger partial charge on any atom is 0.128 e. The van der Waals surface area contributed by atoms with Crippen LogP contribution in [0.1, 0.15) is 33.6 Å². The lowest BCUT2D eigenvalue weighted by Crippen LogP contribution is -2.58. The molecule has 6 heteroatoms. The van der Waals surface area contributed by atoms with Crippen molar-refractivity contribution in [1.82, 2.24) is 20.0 Å². The Balaban J connectivity index is 1.45. The molecule has 3 rings (SSSR count). The molecule has 3 aliphatic rings. The fraction of sp³-hybridized carbons (Fsp3) is 1.00. The van der Waals surface area contributed by atoms with E-state index in [1.54, 1.807) is 0 Å². The Labute approximate surface area is 151 Å². The summed E-state index contributed by atoms with van der Waals surface area (Å²) in [7, 11) is 0. The molecular formula is C19H36F2N4. The van der Waals surface area contributed by atoms with Crippen molar-refractivity contribution in [2.45, 2.75) is 57.5 Å². The number of hydrogen-bond donors (Lipinski definition) is 1. The Morgan fingerprint density at radius 2 is 1.68 bits per heavy atom. The Bertz CT molecular complexity index is 420. The first-order valence-corrected chi connectivity index (χ1v) is 10.0. The van der Waals surface area contributed by atoms with E-state index in [4.69, 9.17) is 0 Å². The highest BCUT2D eigenvalue weighted by molar-refractivity contribution is 4.92. The van der Waals surface area contributed by atoms with Crippen LogP contribution >= 0.6 is 0 Å². The standard InChI is InChI=1S/C19H36F2N4/c1-19(2,3)25-10-8-23(9-11-25)13-15-5-7-24(14-17(15)21)18-4-6-22-12-16(18)20/h15-18,22H,4-14H2,1-3H3. The van der Waals surface area contributed by atoms with E-state index in [1.807, 2.05) is 0 Å². The Kier molecular flexibility index (Phi) is 6.35. The molecule has 25 heavy (non-hydrogen) atoms. The molecule has 0 aliphatic carbocycles. The normalized spacial score (nSPS) is 37.3. The van der Waals surface area contributed by atoms with E-state index in [1.165, 1.54) is 0 Å². The highest BCUT2D eigenvalue weighted by atomic mass is 19.1. The fourth-order valence-electron chi connectivity index (χ4n) is 4.63. The molecule has 0 amide bonds. The lowest BCUT2D eigenvalue weighted by molar-refractivity contribution is -0.00460. The SMILES string of the molecule is CC(C)(C)N1CCN(CC2CCN(C3CCNCC3F)CC2F)CC1. The van der Waals surface area contributed by atoms with Crippen molar-refractivity contribution in [3.63, 3.8) is 0 Å².